The van der Waals surface area contributed by atoms with Crippen molar-refractivity contribution in [2.75, 3.05) is 24.5 Å². The number of benzene rings is 2. The summed E-state index contributed by atoms with van der Waals surface area (Å²) < 4.78 is 11.8. The zero-order valence-corrected chi connectivity index (χ0v) is 19.2. The average Bonchev–Trinajstić information content (AvgIpc) is 2.79. The molecule has 3 heterocycles. The Balaban J connectivity index is 1.30. The molecule has 7 nitrogen and oxygen atoms in total. The number of anilines is 1. The maximum atomic E-state index is 12.8. The summed E-state index contributed by atoms with van der Waals surface area (Å²) in [6.45, 7) is 7.82. The van der Waals surface area contributed by atoms with Gasteiger partial charge >= 0.3 is 0 Å². The SMILES string of the molecule is C[C@@H]1CN(c2nc3c(c(=O)[nH]2)CCN(Cc2cccc(Oc4ccccc4)c2)C3)C[C@H](C)O1. The van der Waals surface area contributed by atoms with Crippen LogP contribution in [0.25, 0.3) is 0 Å². The lowest BCUT2D eigenvalue weighted by Crippen LogP contribution is -2.47. The van der Waals surface area contributed by atoms with E-state index in [1.54, 1.807) is 0 Å². The van der Waals surface area contributed by atoms with E-state index in [0.717, 1.165) is 48.9 Å². The number of morpholine rings is 1. The number of nitrogens with zero attached hydrogens (tertiary/aromatic N) is 3. The molecule has 1 fully saturated rings. The Kier molecular flexibility index (Phi) is 6.15. The molecular formula is C26H30N4O3. The van der Waals surface area contributed by atoms with Crippen LogP contribution in [0.4, 0.5) is 5.95 Å². The minimum atomic E-state index is -0.0142. The maximum Gasteiger partial charge on any atom is 0.255 e. The first-order valence-corrected chi connectivity index (χ1v) is 11.6. The maximum absolute atomic E-state index is 12.8. The van der Waals surface area contributed by atoms with Gasteiger partial charge in [-0.2, -0.15) is 0 Å². The van der Waals surface area contributed by atoms with Crippen LogP contribution in [0.5, 0.6) is 11.5 Å². The van der Waals surface area contributed by atoms with Crippen molar-refractivity contribution >= 4 is 5.95 Å². The van der Waals surface area contributed by atoms with Crippen molar-refractivity contribution in [2.45, 2.75) is 45.6 Å². The van der Waals surface area contributed by atoms with Crippen molar-refractivity contribution in [2.24, 2.45) is 0 Å². The van der Waals surface area contributed by atoms with Gasteiger partial charge in [-0.25, -0.2) is 4.98 Å². The molecule has 172 valence electrons. The van der Waals surface area contributed by atoms with Gasteiger partial charge in [0.05, 0.1) is 17.9 Å². The minimum Gasteiger partial charge on any atom is -0.457 e. The number of H-pyrrole nitrogens is 1. The normalized spacial score (nSPS) is 21.0. The molecule has 2 atom stereocenters. The molecule has 2 aliphatic heterocycles. The van der Waals surface area contributed by atoms with Crippen molar-refractivity contribution in [1.29, 1.82) is 0 Å². The highest BCUT2D eigenvalue weighted by atomic mass is 16.5. The van der Waals surface area contributed by atoms with Gasteiger partial charge in [-0.05, 0) is 50.1 Å². The molecule has 0 aliphatic carbocycles. The summed E-state index contributed by atoms with van der Waals surface area (Å²) in [4.78, 5) is 25.1. The zero-order valence-electron chi connectivity index (χ0n) is 19.2. The Morgan fingerprint density at radius 3 is 2.61 bits per heavy atom. The lowest BCUT2D eigenvalue weighted by atomic mass is 10.1. The molecule has 3 aromatic rings. The summed E-state index contributed by atoms with van der Waals surface area (Å²) in [7, 11) is 0. The van der Waals surface area contributed by atoms with Crippen molar-refractivity contribution in [3.63, 3.8) is 0 Å². The van der Waals surface area contributed by atoms with Crippen molar-refractivity contribution < 1.29 is 9.47 Å². The van der Waals surface area contributed by atoms with Crippen molar-refractivity contribution in [3.8, 4) is 11.5 Å². The average molecular weight is 447 g/mol. The number of para-hydroxylation sites is 1. The second kappa shape index (κ2) is 9.37. The first-order chi connectivity index (χ1) is 16.0. The van der Waals surface area contributed by atoms with Crippen LogP contribution in [0.1, 0.15) is 30.7 Å². The molecule has 7 heteroatoms. The summed E-state index contributed by atoms with van der Waals surface area (Å²) in [5.74, 6) is 2.30. The van der Waals surface area contributed by atoms with E-state index in [0.29, 0.717) is 18.9 Å². The number of rotatable bonds is 5. The van der Waals surface area contributed by atoms with Gasteiger partial charge in [0.1, 0.15) is 11.5 Å². The highest BCUT2D eigenvalue weighted by Gasteiger charge is 2.27. The molecular weight excluding hydrogens is 416 g/mol. The van der Waals surface area contributed by atoms with Crippen LogP contribution in [0, 0.1) is 0 Å². The molecule has 1 saturated heterocycles. The Morgan fingerprint density at radius 1 is 1.06 bits per heavy atom. The first-order valence-electron chi connectivity index (χ1n) is 11.6. The first kappa shape index (κ1) is 21.7. The van der Waals surface area contributed by atoms with Gasteiger partial charge in [0, 0.05) is 38.3 Å². The third-order valence-corrected chi connectivity index (χ3v) is 6.14. The van der Waals surface area contributed by atoms with Gasteiger partial charge in [-0.1, -0.05) is 30.3 Å². The molecule has 1 aromatic heterocycles. The van der Waals surface area contributed by atoms with E-state index in [-0.39, 0.29) is 17.8 Å². The predicted octanol–water partition coefficient (Wildman–Crippen LogP) is 3.73. The summed E-state index contributed by atoms with van der Waals surface area (Å²) in [5, 5.41) is 0. The number of fused-ring (bicyclic) bond motifs is 1. The van der Waals surface area contributed by atoms with Crippen molar-refractivity contribution in [3.05, 3.63) is 81.8 Å². The molecule has 33 heavy (non-hydrogen) atoms. The molecule has 0 saturated carbocycles. The standard InChI is InChI=1S/C26H30N4O3/c1-18-14-30(15-19(2)32-18)26-27-24-17-29(12-11-23(24)25(31)28-26)16-20-7-6-10-22(13-20)33-21-8-4-3-5-9-21/h3-10,13,18-19H,11-12,14-17H2,1-2H3,(H,27,28,31)/t18-,19+. The van der Waals surface area contributed by atoms with Crippen LogP contribution in [0.3, 0.4) is 0 Å². The monoisotopic (exact) mass is 446 g/mol. The quantitative estimate of drug-likeness (QED) is 0.644. The Morgan fingerprint density at radius 2 is 1.82 bits per heavy atom. The summed E-state index contributed by atoms with van der Waals surface area (Å²) >= 11 is 0. The van der Waals surface area contributed by atoms with Crippen LogP contribution < -0.4 is 15.2 Å². The van der Waals surface area contributed by atoms with Crippen LogP contribution in [-0.4, -0.2) is 46.7 Å². The molecule has 1 N–H and O–H groups in total. The van der Waals surface area contributed by atoms with Crippen LogP contribution in [0.2, 0.25) is 0 Å². The lowest BCUT2D eigenvalue weighted by Gasteiger charge is -2.36. The van der Waals surface area contributed by atoms with E-state index >= 15 is 0 Å². The molecule has 0 unspecified atom stereocenters. The van der Waals surface area contributed by atoms with Gasteiger partial charge in [-0.3, -0.25) is 14.7 Å². The summed E-state index contributed by atoms with van der Waals surface area (Å²) in [5.41, 5.74) is 2.85. The third-order valence-electron chi connectivity index (χ3n) is 6.14. The smallest absolute Gasteiger partial charge is 0.255 e. The van der Waals surface area contributed by atoms with Gasteiger partial charge in [-0.15, -0.1) is 0 Å². The highest BCUT2D eigenvalue weighted by molar-refractivity contribution is 5.36. The van der Waals surface area contributed by atoms with Gasteiger partial charge < -0.3 is 14.4 Å². The molecule has 0 radical (unpaired) electrons. The second-order valence-electron chi connectivity index (χ2n) is 9.00. The van der Waals surface area contributed by atoms with E-state index in [1.807, 2.05) is 42.5 Å². The second-order valence-corrected chi connectivity index (χ2v) is 9.00. The number of aromatic nitrogens is 2. The number of ether oxygens (including phenoxy) is 2. The number of nitrogens with one attached hydrogen (secondary N) is 1. The molecule has 0 bridgehead atoms. The van der Waals surface area contributed by atoms with E-state index < -0.39 is 0 Å². The van der Waals surface area contributed by atoms with E-state index in [2.05, 4.69) is 40.8 Å². The number of hydrogen-bond donors (Lipinski definition) is 1. The predicted molar refractivity (Wildman–Crippen MR) is 128 cm³/mol. The van der Waals surface area contributed by atoms with Crippen LogP contribution in [0.15, 0.2) is 59.4 Å². The third kappa shape index (κ3) is 5.10. The molecule has 2 aliphatic rings. The van der Waals surface area contributed by atoms with E-state index in [4.69, 9.17) is 14.5 Å². The zero-order chi connectivity index (χ0) is 22.8. The number of aromatic amines is 1. The van der Waals surface area contributed by atoms with Gasteiger partial charge in [0.2, 0.25) is 5.95 Å². The molecule has 0 amide bonds. The van der Waals surface area contributed by atoms with E-state index in [1.165, 1.54) is 5.56 Å². The molecule has 0 spiro atoms. The fourth-order valence-corrected chi connectivity index (χ4v) is 4.71. The minimum absolute atomic E-state index is 0.0142. The fraction of sp³-hybridized carbons (Fsp3) is 0.385. The fourth-order valence-electron chi connectivity index (χ4n) is 4.71. The van der Waals surface area contributed by atoms with Crippen LogP contribution >= 0.6 is 0 Å². The van der Waals surface area contributed by atoms with E-state index in [9.17, 15) is 4.79 Å². The molecule has 2 aromatic carbocycles. The summed E-state index contributed by atoms with van der Waals surface area (Å²) in [6.07, 6.45) is 0.919. The molecule has 5 rings (SSSR count). The topological polar surface area (TPSA) is 70.7 Å². The van der Waals surface area contributed by atoms with Gasteiger partial charge in [0.25, 0.3) is 5.56 Å². The van der Waals surface area contributed by atoms with Crippen LogP contribution in [-0.2, 0) is 24.2 Å². The highest BCUT2D eigenvalue weighted by Crippen LogP contribution is 2.24. The number of hydrogen-bond acceptors (Lipinski definition) is 6. The Hall–Kier alpha value is -3.16. The van der Waals surface area contributed by atoms with Crippen molar-refractivity contribution in [1.82, 2.24) is 14.9 Å². The summed E-state index contributed by atoms with van der Waals surface area (Å²) in [6, 6.07) is 18.0. The Labute approximate surface area is 194 Å². The lowest BCUT2D eigenvalue weighted by molar-refractivity contribution is -0.00576. The van der Waals surface area contributed by atoms with Gasteiger partial charge in [0.15, 0.2) is 0 Å². The Bertz CT molecular complexity index is 1150. The largest absolute Gasteiger partial charge is 0.457 e.